The van der Waals surface area contributed by atoms with Gasteiger partial charge in [-0.3, -0.25) is 14.2 Å². The molecule has 7 nitrogen and oxygen atoms in total. The Bertz CT molecular complexity index is 944. The number of anilines is 1. The maximum Gasteiger partial charge on any atom is 0.272 e. The molecule has 1 amide bonds. The molecule has 0 saturated carbocycles. The number of hydrogen-bond acceptors (Lipinski definition) is 7. The van der Waals surface area contributed by atoms with Crippen molar-refractivity contribution in [2.24, 2.45) is 0 Å². The second kappa shape index (κ2) is 7.83. The quantitative estimate of drug-likeness (QED) is 0.501. The summed E-state index contributed by atoms with van der Waals surface area (Å²) in [5.41, 5.74) is 0.640. The van der Waals surface area contributed by atoms with Crippen LogP contribution in [0.15, 0.2) is 32.0 Å². The molecule has 0 aliphatic carbocycles. The molecule has 3 aromatic rings. The molecule has 0 fully saturated rings. The van der Waals surface area contributed by atoms with Crippen LogP contribution in [-0.4, -0.2) is 26.4 Å². The Hall–Kier alpha value is -2.13. The largest absolute Gasteiger partial charge is 0.360 e. The van der Waals surface area contributed by atoms with Gasteiger partial charge in [-0.15, -0.1) is 11.3 Å². The van der Waals surface area contributed by atoms with E-state index >= 15 is 0 Å². The highest BCUT2D eigenvalue weighted by Gasteiger charge is 2.14. The SMILES string of the molecule is CCCCn1c(SCC(=O)Nc2cc(C)on2)nc2ccsc2c1=O. The van der Waals surface area contributed by atoms with Crippen LogP contribution in [0, 0.1) is 6.92 Å². The van der Waals surface area contributed by atoms with Crippen LogP contribution >= 0.6 is 23.1 Å². The molecule has 0 unspecified atom stereocenters. The first-order valence-electron chi connectivity index (χ1n) is 7.92. The lowest BCUT2D eigenvalue weighted by Gasteiger charge is -2.11. The van der Waals surface area contributed by atoms with Crippen molar-refractivity contribution in [1.82, 2.24) is 14.7 Å². The number of nitrogens with one attached hydrogen (secondary N) is 1. The van der Waals surface area contributed by atoms with E-state index in [4.69, 9.17) is 4.52 Å². The summed E-state index contributed by atoms with van der Waals surface area (Å²) in [6, 6.07) is 3.48. The molecule has 0 radical (unpaired) electrons. The van der Waals surface area contributed by atoms with Crippen molar-refractivity contribution in [2.75, 3.05) is 11.1 Å². The van der Waals surface area contributed by atoms with Gasteiger partial charge in [-0.25, -0.2) is 4.98 Å². The van der Waals surface area contributed by atoms with Gasteiger partial charge in [0.25, 0.3) is 5.56 Å². The smallest absolute Gasteiger partial charge is 0.272 e. The summed E-state index contributed by atoms with van der Waals surface area (Å²) in [6.07, 6.45) is 1.86. The van der Waals surface area contributed by atoms with E-state index in [9.17, 15) is 9.59 Å². The molecule has 3 heterocycles. The number of nitrogens with zero attached hydrogens (tertiary/aromatic N) is 3. The molecule has 0 aromatic carbocycles. The highest BCUT2D eigenvalue weighted by atomic mass is 32.2. The molecule has 9 heteroatoms. The van der Waals surface area contributed by atoms with Gasteiger partial charge in [0.05, 0.1) is 11.3 Å². The van der Waals surface area contributed by atoms with E-state index in [1.807, 2.05) is 11.4 Å². The number of thioether (sulfide) groups is 1. The van der Waals surface area contributed by atoms with Crippen molar-refractivity contribution in [1.29, 1.82) is 0 Å². The van der Waals surface area contributed by atoms with Gasteiger partial charge in [0, 0.05) is 12.6 Å². The van der Waals surface area contributed by atoms with Gasteiger partial charge in [0.1, 0.15) is 10.5 Å². The van der Waals surface area contributed by atoms with Crippen LogP contribution in [0.1, 0.15) is 25.5 Å². The third-order valence-electron chi connectivity index (χ3n) is 3.49. The molecular formula is C16H18N4O3S2. The number of carbonyl (C=O) groups is 1. The van der Waals surface area contributed by atoms with Crippen LogP contribution in [-0.2, 0) is 11.3 Å². The molecule has 1 N–H and O–H groups in total. The molecule has 0 atom stereocenters. The number of amides is 1. The number of aryl methyl sites for hydroxylation is 1. The molecular weight excluding hydrogens is 360 g/mol. The third-order valence-corrected chi connectivity index (χ3v) is 5.36. The fourth-order valence-corrected chi connectivity index (χ4v) is 3.89. The van der Waals surface area contributed by atoms with Gasteiger partial charge in [-0.2, -0.15) is 0 Å². The van der Waals surface area contributed by atoms with Crippen LogP contribution < -0.4 is 10.9 Å². The van der Waals surface area contributed by atoms with E-state index in [1.54, 1.807) is 17.6 Å². The molecule has 0 aliphatic heterocycles. The molecule has 3 rings (SSSR count). The Kier molecular flexibility index (Phi) is 5.54. The van der Waals surface area contributed by atoms with E-state index in [1.165, 1.54) is 23.1 Å². The zero-order valence-electron chi connectivity index (χ0n) is 13.9. The Morgan fingerprint density at radius 3 is 3.04 bits per heavy atom. The predicted octanol–water partition coefficient (Wildman–Crippen LogP) is 3.29. The zero-order valence-corrected chi connectivity index (χ0v) is 15.6. The van der Waals surface area contributed by atoms with Crippen molar-refractivity contribution >= 4 is 45.0 Å². The van der Waals surface area contributed by atoms with E-state index in [0.29, 0.717) is 33.5 Å². The summed E-state index contributed by atoms with van der Waals surface area (Å²) >= 11 is 2.65. The van der Waals surface area contributed by atoms with Gasteiger partial charge in [-0.1, -0.05) is 30.3 Å². The van der Waals surface area contributed by atoms with Gasteiger partial charge < -0.3 is 9.84 Å². The van der Waals surface area contributed by atoms with Gasteiger partial charge in [-0.05, 0) is 24.8 Å². The summed E-state index contributed by atoms with van der Waals surface area (Å²) in [6.45, 7) is 4.43. The van der Waals surface area contributed by atoms with Crippen molar-refractivity contribution < 1.29 is 9.32 Å². The lowest BCUT2D eigenvalue weighted by Crippen LogP contribution is -2.23. The third kappa shape index (κ3) is 4.10. The Morgan fingerprint density at radius 2 is 2.32 bits per heavy atom. The number of unbranched alkanes of at least 4 members (excludes halogenated alkanes) is 1. The Balaban J connectivity index is 1.77. The lowest BCUT2D eigenvalue weighted by molar-refractivity contribution is -0.113. The minimum atomic E-state index is -0.222. The number of aromatic nitrogens is 3. The second-order valence-electron chi connectivity index (χ2n) is 5.50. The second-order valence-corrected chi connectivity index (χ2v) is 7.36. The fourth-order valence-electron chi connectivity index (χ4n) is 2.28. The monoisotopic (exact) mass is 378 g/mol. The predicted molar refractivity (Wildman–Crippen MR) is 99.4 cm³/mol. The van der Waals surface area contributed by atoms with E-state index < -0.39 is 0 Å². The van der Waals surface area contributed by atoms with Gasteiger partial charge >= 0.3 is 0 Å². The normalized spacial score (nSPS) is 11.1. The zero-order chi connectivity index (χ0) is 17.8. The summed E-state index contributed by atoms with van der Waals surface area (Å²) in [5.74, 6) is 0.925. The number of carbonyl (C=O) groups excluding carboxylic acids is 1. The summed E-state index contributed by atoms with van der Waals surface area (Å²) < 4.78 is 7.24. The van der Waals surface area contributed by atoms with Crippen LogP contribution in [0.2, 0.25) is 0 Å². The van der Waals surface area contributed by atoms with E-state index in [-0.39, 0.29) is 17.2 Å². The molecule has 25 heavy (non-hydrogen) atoms. The van der Waals surface area contributed by atoms with Crippen LogP contribution in [0.25, 0.3) is 10.2 Å². The Labute approximate surface area is 152 Å². The van der Waals surface area contributed by atoms with E-state index in [0.717, 1.165) is 12.8 Å². The minimum Gasteiger partial charge on any atom is -0.360 e. The van der Waals surface area contributed by atoms with Crippen LogP contribution in [0.5, 0.6) is 0 Å². The average molecular weight is 378 g/mol. The Morgan fingerprint density at radius 1 is 1.48 bits per heavy atom. The van der Waals surface area contributed by atoms with Crippen molar-refractivity contribution in [3.05, 3.63) is 33.6 Å². The molecule has 0 aliphatic rings. The average Bonchev–Trinajstić information content (AvgIpc) is 3.21. The van der Waals surface area contributed by atoms with E-state index in [2.05, 4.69) is 22.4 Å². The number of fused-ring (bicyclic) bond motifs is 1. The highest BCUT2D eigenvalue weighted by molar-refractivity contribution is 7.99. The number of hydrogen-bond donors (Lipinski definition) is 1. The molecule has 132 valence electrons. The minimum absolute atomic E-state index is 0.0384. The van der Waals surface area contributed by atoms with Crippen LogP contribution in [0.4, 0.5) is 5.82 Å². The van der Waals surface area contributed by atoms with Crippen molar-refractivity contribution in [3.63, 3.8) is 0 Å². The fraction of sp³-hybridized carbons (Fsp3) is 0.375. The van der Waals surface area contributed by atoms with Crippen LogP contribution in [0.3, 0.4) is 0 Å². The van der Waals surface area contributed by atoms with Gasteiger partial charge in [0.2, 0.25) is 5.91 Å². The first-order chi connectivity index (χ1) is 12.1. The first-order valence-corrected chi connectivity index (χ1v) is 9.79. The number of rotatable bonds is 7. The summed E-state index contributed by atoms with van der Waals surface area (Å²) in [5, 5.41) is 8.82. The topological polar surface area (TPSA) is 90.0 Å². The summed E-state index contributed by atoms with van der Waals surface area (Å²) in [4.78, 5) is 29.3. The highest BCUT2D eigenvalue weighted by Crippen LogP contribution is 2.21. The maximum atomic E-state index is 12.7. The standard InChI is InChI=1S/C16H18N4O3S2/c1-3-4-6-20-15(22)14-11(5-7-24-14)17-16(20)25-9-13(21)18-12-8-10(2)23-19-12/h5,7-8H,3-4,6,9H2,1-2H3,(H,18,19,21). The molecule has 0 bridgehead atoms. The maximum absolute atomic E-state index is 12.7. The van der Waals surface area contributed by atoms with Crippen molar-refractivity contribution in [3.8, 4) is 0 Å². The first kappa shape index (κ1) is 17.7. The lowest BCUT2D eigenvalue weighted by atomic mass is 10.3. The van der Waals surface area contributed by atoms with Gasteiger partial charge in [0.15, 0.2) is 11.0 Å². The molecule has 0 saturated heterocycles. The molecule has 0 spiro atoms. The van der Waals surface area contributed by atoms with Crippen molar-refractivity contribution in [2.45, 2.75) is 38.4 Å². The number of thiophene rings is 1. The summed E-state index contributed by atoms with van der Waals surface area (Å²) in [7, 11) is 0. The molecule has 3 aromatic heterocycles.